The summed E-state index contributed by atoms with van der Waals surface area (Å²) in [5.74, 6) is -0.291. The van der Waals surface area contributed by atoms with E-state index in [1.54, 1.807) is 0 Å². The Labute approximate surface area is 130 Å². The van der Waals surface area contributed by atoms with Crippen molar-refractivity contribution in [1.82, 2.24) is 10.2 Å². The van der Waals surface area contributed by atoms with Crippen LogP contribution in [0.4, 0.5) is 13.9 Å². The molecule has 118 valence electrons. The van der Waals surface area contributed by atoms with Crippen LogP contribution in [-0.4, -0.2) is 22.7 Å². The molecule has 0 saturated heterocycles. The third-order valence-electron chi connectivity index (χ3n) is 2.68. The number of benzene rings is 1. The lowest BCUT2D eigenvalue weighted by Crippen LogP contribution is -2.12. The van der Waals surface area contributed by atoms with E-state index in [-0.39, 0.29) is 17.5 Å². The highest BCUT2D eigenvalue weighted by Gasteiger charge is 2.15. The summed E-state index contributed by atoms with van der Waals surface area (Å²) in [6, 6.07) is 9.72. The van der Waals surface area contributed by atoms with Crippen LogP contribution in [0.3, 0.4) is 0 Å². The first kappa shape index (κ1) is 16.4. The van der Waals surface area contributed by atoms with E-state index in [1.807, 2.05) is 30.3 Å². The van der Waals surface area contributed by atoms with Crippen molar-refractivity contribution in [3.63, 3.8) is 0 Å². The van der Waals surface area contributed by atoms with Crippen molar-refractivity contribution in [1.29, 1.82) is 0 Å². The number of nitrogens with zero attached hydrogens (tertiary/aromatic N) is 2. The fourth-order valence-electron chi connectivity index (χ4n) is 1.65. The fraction of sp³-hybridized carbons (Fsp3) is 0.357. The first-order chi connectivity index (χ1) is 10.6. The third kappa shape index (κ3) is 5.45. The highest BCUT2D eigenvalue weighted by atomic mass is 32.1. The van der Waals surface area contributed by atoms with Crippen molar-refractivity contribution in [3.05, 3.63) is 40.9 Å². The van der Waals surface area contributed by atoms with E-state index >= 15 is 0 Å². The Kier molecular flexibility index (Phi) is 6.35. The minimum atomic E-state index is -2.67. The predicted molar refractivity (Wildman–Crippen MR) is 78.8 cm³/mol. The largest absolute Gasteiger partial charge is 0.377 e. The molecule has 0 aliphatic heterocycles. The van der Waals surface area contributed by atoms with Gasteiger partial charge in [-0.1, -0.05) is 41.7 Å². The van der Waals surface area contributed by atoms with Crippen LogP contribution in [0.15, 0.2) is 30.3 Å². The zero-order valence-electron chi connectivity index (χ0n) is 11.7. The molecule has 22 heavy (non-hydrogen) atoms. The molecule has 0 unspecified atom stereocenters. The summed E-state index contributed by atoms with van der Waals surface area (Å²) < 4.78 is 30.1. The molecule has 0 aliphatic rings. The van der Waals surface area contributed by atoms with Gasteiger partial charge in [0, 0.05) is 13.0 Å². The molecule has 0 radical (unpaired) electrons. The predicted octanol–water partition coefficient (Wildman–Crippen LogP) is 3.41. The maximum Gasteiger partial charge on any atom is 0.291 e. The normalized spacial score (nSPS) is 10.9. The lowest BCUT2D eigenvalue weighted by molar-refractivity contribution is -0.116. The van der Waals surface area contributed by atoms with E-state index in [2.05, 4.69) is 15.5 Å². The number of ether oxygens (including phenoxy) is 1. The molecule has 1 heterocycles. The fourth-order valence-corrected chi connectivity index (χ4v) is 2.27. The average molecular weight is 327 g/mol. The second kappa shape index (κ2) is 8.50. The molecule has 8 heteroatoms. The molecule has 2 aromatic rings. The third-order valence-corrected chi connectivity index (χ3v) is 3.52. The highest BCUT2D eigenvalue weighted by Crippen LogP contribution is 2.25. The second-order valence-electron chi connectivity index (χ2n) is 4.44. The van der Waals surface area contributed by atoms with Gasteiger partial charge in [0.15, 0.2) is 5.01 Å². The maximum atomic E-state index is 12.3. The Morgan fingerprint density at radius 1 is 1.27 bits per heavy atom. The summed E-state index contributed by atoms with van der Waals surface area (Å²) in [4.78, 5) is 11.6. The van der Waals surface area contributed by atoms with Crippen LogP contribution in [0.1, 0.15) is 29.8 Å². The van der Waals surface area contributed by atoms with Gasteiger partial charge in [-0.15, -0.1) is 10.2 Å². The number of hydrogen-bond donors (Lipinski definition) is 1. The molecule has 0 saturated carbocycles. The summed E-state index contributed by atoms with van der Waals surface area (Å²) >= 11 is 0.675. The maximum absolute atomic E-state index is 12.3. The van der Waals surface area contributed by atoms with Gasteiger partial charge in [-0.3, -0.25) is 4.79 Å². The molecule has 1 amide bonds. The second-order valence-corrected chi connectivity index (χ2v) is 5.45. The summed E-state index contributed by atoms with van der Waals surface area (Å²) in [6.45, 7) is 0.942. The number of rotatable bonds is 8. The first-order valence-electron chi connectivity index (χ1n) is 6.68. The van der Waals surface area contributed by atoms with Crippen LogP contribution < -0.4 is 5.32 Å². The monoisotopic (exact) mass is 327 g/mol. The number of aromatic nitrogens is 2. The van der Waals surface area contributed by atoms with Crippen molar-refractivity contribution in [3.8, 4) is 0 Å². The van der Waals surface area contributed by atoms with Gasteiger partial charge in [-0.05, 0) is 12.0 Å². The van der Waals surface area contributed by atoms with Crippen molar-refractivity contribution in [2.75, 3.05) is 11.9 Å². The van der Waals surface area contributed by atoms with Gasteiger partial charge < -0.3 is 10.1 Å². The zero-order valence-corrected chi connectivity index (χ0v) is 12.5. The molecule has 0 bridgehead atoms. The van der Waals surface area contributed by atoms with Crippen molar-refractivity contribution in [2.45, 2.75) is 25.9 Å². The molecule has 0 atom stereocenters. The molecule has 0 aliphatic carbocycles. The van der Waals surface area contributed by atoms with E-state index in [0.717, 1.165) is 5.56 Å². The number of hydrogen-bond acceptors (Lipinski definition) is 5. The van der Waals surface area contributed by atoms with Crippen molar-refractivity contribution < 1.29 is 18.3 Å². The van der Waals surface area contributed by atoms with Crippen molar-refractivity contribution >= 4 is 22.4 Å². The molecule has 0 fully saturated rings. The van der Waals surface area contributed by atoms with Crippen LogP contribution >= 0.6 is 11.3 Å². The number of carbonyl (C=O) groups excluding carboxylic acids is 1. The Hall–Kier alpha value is -1.93. The number of nitrogens with one attached hydrogen (secondary N) is 1. The minimum absolute atomic E-state index is 0.0884. The smallest absolute Gasteiger partial charge is 0.291 e. The first-order valence-corrected chi connectivity index (χ1v) is 7.50. The molecule has 0 spiro atoms. The molecule has 5 nitrogen and oxygen atoms in total. The van der Waals surface area contributed by atoms with Crippen LogP contribution in [0, 0.1) is 0 Å². The highest BCUT2D eigenvalue weighted by molar-refractivity contribution is 7.15. The number of carbonyl (C=O) groups is 1. The SMILES string of the molecule is O=C(CCCOCc1ccccc1)Nc1nnc(C(F)F)s1. The van der Waals surface area contributed by atoms with Crippen LogP contribution in [-0.2, 0) is 16.1 Å². The Bertz CT molecular complexity index is 593. The van der Waals surface area contributed by atoms with E-state index in [1.165, 1.54) is 0 Å². The molecular weight excluding hydrogens is 312 g/mol. The Balaban J connectivity index is 1.61. The molecule has 1 N–H and O–H groups in total. The zero-order chi connectivity index (χ0) is 15.8. The molecule has 2 rings (SSSR count). The molecule has 1 aromatic carbocycles. The summed E-state index contributed by atoms with van der Waals surface area (Å²) in [5.41, 5.74) is 1.07. The van der Waals surface area contributed by atoms with Crippen LogP contribution in [0.25, 0.3) is 0 Å². The van der Waals surface area contributed by atoms with Gasteiger partial charge in [-0.2, -0.15) is 0 Å². The average Bonchev–Trinajstić information content (AvgIpc) is 2.96. The van der Waals surface area contributed by atoms with Gasteiger partial charge in [-0.25, -0.2) is 8.78 Å². The van der Waals surface area contributed by atoms with Gasteiger partial charge in [0.2, 0.25) is 11.0 Å². The number of halogens is 2. The van der Waals surface area contributed by atoms with Gasteiger partial charge in [0.25, 0.3) is 6.43 Å². The van der Waals surface area contributed by atoms with Gasteiger partial charge in [0.05, 0.1) is 6.61 Å². The number of alkyl halides is 2. The summed E-state index contributed by atoms with van der Waals surface area (Å²) in [6.07, 6.45) is -1.90. The van der Waals surface area contributed by atoms with E-state index in [4.69, 9.17) is 4.74 Å². The quantitative estimate of drug-likeness (QED) is 0.755. The lowest BCUT2D eigenvalue weighted by Gasteiger charge is -2.04. The molecular formula is C14H15F2N3O2S. The summed E-state index contributed by atoms with van der Waals surface area (Å²) in [7, 11) is 0. The van der Waals surface area contributed by atoms with E-state index in [0.29, 0.717) is 31.0 Å². The summed E-state index contributed by atoms with van der Waals surface area (Å²) in [5, 5.41) is 8.91. The Morgan fingerprint density at radius 3 is 2.73 bits per heavy atom. The minimum Gasteiger partial charge on any atom is -0.377 e. The van der Waals surface area contributed by atoms with Crippen molar-refractivity contribution in [2.24, 2.45) is 0 Å². The Morgan fingerprint density at radius 2 is 2.05 bits per heavy atom. The van der Waals surface area contributed by atoms with Gasteiger partial charge in [0.1, 0.15) is 0 Å². The number of amides is 1. The topological polar surface area (TPSA) is 64.1 Å². The van der Waals surface area contributed by atoms with E-state index < -0.39 is 11.4 Å². The van der Waals surface area contributed by atoms with Crippen LogP contribution in [0.2, 0.25) is 0 Å². The lowest BCUT2D eigenvalue weighted by atomic mass is 10.2. The molecule has 1 aromatic heterocycles. The number of anilines is 1. The van der Waals surface area contributed by atoms with Crippen LogP contribution in [0.5, 0.6) is 0 Å². The van der Waals surface area contributed by atoms with E-state index in [9.17, 15) is 13.6 Å². The standard InChI is InChI=1S/C14H15F2N3O2S/c15-12(16)13-18-19-14(22-13)17-11(20)7-4-8-21-9-10-5-2-1-3-6-10/h1-3,5-6,12H,4,7-9H2,(H,17,19,20). The van der Waals surface area contributed by atoms with Gasteiger partial charge >= 0.3 is 0 Å².